The Morgan fingerprint density at radius 2 is 0.308 bits per heavy atom. The largest absolute Gasteiger partial charge is 0.483 e. The standard InChI is InChI=1S/C122H164N2O22/c1-31-133-101(127)69-141-109-79-43-75-51-91(115(7,8)9)52-76(44-80-56-94(118(16,17)18)60-84(110(80)142-70-102(128)134-32-2)48-88-64-97(121(25,26)27)63-87(113(88)145-73-105(131)137-35-5)47-83(109)59-93(55-79)117(13,14)15)107(75)139-67-99(125)123-41-39-37-38-40-42-124-100(126)68-140-108-77-45-81-57-95(119(19,20)21)61-85(111(81)143-71-103(129)135-33-3)49-89-65-98(122(28,29)30)66-90(114(89)146-74-106(132)138-36-6)50-86-62-96(120(22,23)24)58-82(112(86)144-72-104(130)136-34-4)46-78(108)54-92(53-77)116(10,11)12/h51-66H,31-50,67-74H2,1-30H3,(H,123,125)(H,124,126). The minimum Gasteiger partial charge on any atom is -0.483 e. The number of esters is 6. The fourth-order valence-electron chi connectivity index (χ4n) is 18.2. The third-order valence-corrected chi connectivity index (χ3v) is 26.2. The summed E-state index contributed by atoms with van der Waals surface area (Å²) in [6, 6.07) is 34.0. The van der Waals surface area contributed by atoms with Gasteiger partial charge in [0, 0.05) is 64.5 Å². The number of carbonyl (C=O) groups excluding carboxylic acids is 8. The molecule has 2 aliphatic carbocycles. The van der Waals surface area contributed by atoms with Gasteiger partial charge in [-0.1, -0.05) is 276 Å². The zero-order valence-corrected chi connectivity index (χ0v) is 93.0. The molecule has 0 aromatic heterocycles. The van der Waals surface area contributed by atoms with Gasteiger partial charge in [-0.25, -0.2) is 28.8 Å². The van der Waals surface area contributed by atoms with Gasteiger partial charge < -0.3 is 76.9 Å². The first kappa shape index (κ1) is 116. The lowest BCUT2D eigenvalue weighted by Gasteiger charge is -2.29. The maximum Gasteiger partial charge on any atom is 0.344 e. The molecular formula is C122H164N2O22. The fourth-order valence-corrected chi connectivity index (χ4v) is 18.2. The van der Waals surface area contributed by atoms with Crippen LogP contribution in [0.2, 0.25) is 0 Å². The first-order valence-electron chi connectivity index (χ1n) is 52.2. The molecule has 2 N–H and O–H groups in total. The molecule has 16 bridgehead atoms. The van der Waals surface area contributed by atoms with Gasteiger partial charge in [-0.3, -0.25) is 9.59 Å². The molecule has 8 aromatic carbocycles. The number of benzene rings is 8. The Kier molecular flexibility index (Phi) is 39.4. The fraction of sp³-hybridized carbons (Fsp3) is 0.541. The van der Waals surface area contributed by atoms with Gasteiger partial charge in [-0.15, -0.1) is 0 Å². The summed E-state index contributed by atoms with van der Waals surface area (Å²) in [4.78, 5) is 111. The highest BCUT2D eigenvalue weighted by Crippen LogP contribution is 2.49. The van der Waals surface area contributed by atoms with E-state index in [2.05, 4.69) is 274 Å². The summed E-state index contributed by atoms with van der Waals surface area (Å²) in [7, 11) is 0. The molecule has 2 amide bonds. The molecule has 0 saturated carbocycles. The van der Waals surface area contributed by atoms with Crippen molar-refractivity contribution in [3.05, 3.63) is 231 Å². The Balaban J connectivity index is 0.988. The number of fused-ring (bicyclic) bond motifs is 16. The first-order chi connectivity index (χ1) is 68.4. The lowest BCUT2D eigenvalue weighted by atomic mass is 9.79. The highest BCUT2D eigenvalue weighted by atomic mass is 16.6. The molecule has 0 saturated heterocycles. The number of ether oxygens (including phenoxy) is 14. The summed E-state index contributed by atoms with van der Waals surface area (Å²) in [5.41, 5.74) is 16.2. The van der Waals surface area contributed by atoms with Crippen LogP contribution in [0.3, 0.4) is 0 Å². The van der Waals surface area contributed by atoms with Crippen molar-refractivity contribution in [1.82, 2.24) is 10.6 Å². The minimum atomic E-state index is -0.553. The zero-order valence-electron chi connectivity index (χ0n) is 93.0. The molecule has 0 heterocycles. The Morgan fingerprint density at radius 1 is 0.192 bits per heavy atom. The third-order valence-electron chi connectivity index (χ3n) is 26.2. The minimum absolute atomic E-state index is 0.138. The average Bonchev–Trinajstić information content (AvgIpc) is 0.757. The van der Waals surface area contributed by atoms with E-state index in [0.717, 1.165) is 134 Å². The summed E-state index contributed by atoms with van der Waals surface area (Å²) in [6.45, 7) is 60.5. The van der Waals surface area contributed by atoms with Gasteiger partial charge in [0.15, 0.2) is 52.9 Å². The molecule has 2 aliphatic rings. The lowest BCUT2D eigenvalue weighted by Crippen LogP contribution is -2.30. The molecule has 24 heteroatoms. The number of hydrogen-bond donors (Lipinski definition) is 2. The summed E-state index contributed by atoms with van der Waals surface area (Å²) in [6.07, 6.45) is 4.26. The van der Waals surface area contributed by atoms with E-state index in [1.807, 2.05) is 0 Å². The van der Waals surface area contributed by atoms with Gasteiger partial charge in [0.25, 0.3) is 11.8 Å². The van der Waals surface area contributed by atoms with Crippen LogP contribution in [0.1, 0.15) is 367 Å². The van der Waals surface area contributed by atoms with Crippen LogP contribution < -0.4 is 48.5 Å². The highest BCUT2D eigenvalue weighted by molar-refractivity contribution is 5.79. The Bertz CT molecular complexity index is 5350. The van der Waals surface area contributed by atoms with Crippen molar-refractivity contribution in [3.63, 3.8) is 0 Å². The van der Waals surface area contributed by atoms with Gasteiger partial charge in [0.05, 0.1) is 39.6 Å². The van der Waals surface area contributed by atoms with Crippen molar-refractivity contribution in [2.24, 2.45) is 0 Å². The predicted molar refractivity (Wildman–Crippen MR) is 572 cm³/mol. The van der Waals surface area contributed by atoms with E-state index in [4.69, 9.17) is 66.3 Å². The van der Waals surface area contributed by atoms with Crippen LogP contribution in [-0.4, -0.2) is 153 Å². The van der Waals surface area contributed by atoms with Crippen molar-refractivity contribution >= 4 is 47.6 Å². The molecule has 794 valence electrons. The Labute approximate surface area is 868 Å². The number of nitrogens with one attached hydrogen (secondary N) is 2. The number of rotatable bonds is 37. The predicted octanol–water partition coefficient (Wildman–Crippen LogP) is 22.3. The molecule has 0 unspecified atom stereocenters. The number of amides is 2. The highest BCUT2D eigenvalue weighted by Gasteiger charge is 2.36. The van der Waals surface area contributed by atoms with Crippen LogP contribution in [0.15, 0.2) is 97.1 Å². The normalized spacial score (nSPS) is 13.0. The average molecular weight is 2010 g/mol. The molecular weight excluding hydrogens is 1850 g/mol. The van der Waals surface area contributed by atoms with Gasteiger partial charge in [-0.2, -0.15) is 0 Å². The molecule has 0 aliphatic heterocycles. The summed E-state index contributed by atoms with van der Waals surface area (Å²) < 4.78 is 88.4. The summed E-state index contributed by atoms with van der Waals surface area (Å²) in [5, 5.41) is 6.31. The second kappa shape index (κ2) is 49.6. The van der Waals surface area contributed by atoms with Crippen molar-refractivity contribution in [2.75, 3.05) is 106 Å². The molecule has 24 nitrogen and oxygen atoms in total. The molecule has 0 atom stereocenters. The molecule has 0 radical (unpaired) electrons. The van der Waals surface area contributed by atoms with E-state index in [1.165, 1.54) is 0 Å². The monoisotopic (exact) mass is 2010 g/mol. The number of unbranched alkanes of at least 4 members (excludes halogenated alkanes) is 3. The third kappa shape index (κ3) is 32.2. The van der Waals surface area contributed by atoms with Crippen LogP contribution in [0, 0.1) is 0 Å². The molecule has 8 aromatic rings. The van der Waals surface area contributed by atoms with Gasteiger partial charge in [-0.05, 0) is 231 Å². The van der Waals surface area contributed by atoms with E-state index in [9.17, 15) is 38.4 Å². The maximum atomic E-state index is 14.7. The SMILES string of the molecule is CCOC(=O)COc1c2cc(C(C)(C)C)cc1Cc1cc(C(C)(C)C)cc(c1OCC(=O)OCC)Cc1cc(C(C)(C)C)cc(c1OCC(=O)OCC)Cc1cc(C(C)(C)C)cc(c1OCC(=O)NCCCCCCNC(=O)COc1c3cc(C(C)(C)C)cc1Cc1cc(C(C)(C)C)cc(c1OCC(=O)OCC)Cc1cc(C(C)(C)C)cc(c1OCC(=O)OCC)Cc1cc(C(C)(C)C)cc(c1OCC(=O)OCC)C3)C2. The van der Waals surface area contributed by atoms with Crippen molar-refractivity contribution in [3.8, 4) is 46.0 Å². The van der Waals surface area contributed by atoms with Crippen LogP contribution in [-0.2, 0) is 161 Å². The Morgan fingerprint density at radius 3 is 0.418 bits per heavy atom. The van der Waals surface area contributed by atoms with E-state index in [0.29, 0.717) is 84.8 Å². The molecule has 0 fully saturated rings. The summed E-state index contributed by atoms with van der Waals surface area (Å²) in [5.74, 6) is -0.352. The van der Waals surface area contributed by atoms with Crippen LogP contribution >= 0.6 is 0 Å². The zero-order chi connectivity index (χ0) is 108. The van der Waals surface area contributed by atoms with E-state index in [1.54, 1.807) is 41.5 Å². The molecule has 0 spiro atoms. The van der Waals surface area contributed by atoms with E-state index >= 15 is 0 Å². The van der Waals surface area contributed by atoms with Gasteiger partial charge in [0.1, 0.15) is 46.0 Å². The quantitative estimate of drug-likeness (QED) is 0.0208. The van der Waals surface area contributed by atoms with E-state index in [-0.39, 0.29) is 116 Å². The molecule has 10 rings (SSSR count). The maximum absolute atomic E-state index is 14.7. The molecule has 146 heavy (non-hydrogen) atoms. The second-order valence-corrected chi connectivity index (χ2v) is 46.7. The first-order valence-corrected chi connectivity index (χ1v) is 52.2. The number of carbonyl (C=O) groups is 8. The van der Waals surface area contributed by atoms with Crippen LogP contribution in [0.25, 0.3) is 0 Å². The topological polar surface area (TPSA) is 290 Å². The lowest BCUT2D eigenvalue weighted by molar-refractivity contribution is -0.146. The van der Waals surface area contributed by atoms with Crippen molar-refractivity contribution < 1.29 is 105 Å². The second-order valence-electron chi connectivity index (χ2n) is 46.7. The van der Waals surface area contributed by atoms with Gasteiger partial charge in [0.2, 0.25) is 0 Å². The van der Waals surface area contributed by atoms with Gasteiger partial charge >= 0.3 is 35.8 Å². The smallest absolute Gasteiger partial charge is 0.344 e. The van der Waals surface area contributed by atoms with Crippen molar-refractivity contribution in [1.29, 1.82) is 0 Å². The Hall–Kier alpha value is -12.1. The number of hydrogen-bond acceptors (Lipinski definition) is 22. The van der Waals surface area contributed by atoms with Crippen LogP contribution in [0.5, 0.6) is 46.0 Å². The van der Waals surface area contributed by atoms with Crippen molar-refractivity contribution in [2.45, 2.75) is 328 Å². The van der Waals surface area contributed by atoms with E-state index < -0.39 is 119 Å². The summed E-state index contributed by atoms with van der Waals surface area (Å²) >= 11 is 0. The van der Waals surface area contributed by atoms with Crippen LogP contribution in [0.4, 0.5) is 0 Å².